The number of unbranched alkanes of at least 4 members (excludes halogenated alkanes) is 1. The van der Waals surface area contributed by atoms with E-state index in [9.17, 15) is 5.11 Å². The van der Waals surface area contributed by atoms with E-state index in [1.54, 1.807) is 12.1 Å². The fraction of sp³-hybridized carbons (Fsp3) is 0.533. The van der Waals surface area contributed by atoms with Crippen molar-refractivity contribution in [2.75, 3.05) is 19.8 Å². The summed E-state index contributed by atoms with van der Waals surface area (Å²) in [6.45, 7) is 5.10. The van der Waals surface area contributed by atoms with Crippen molar-refractivity contribution in [3.63, 3.8) is 0 Å². The molecule has 1 atom stereocenters. The third-order valence-electron chi connectivity index (χ3n) is 2.70. The maximum Gasteiger partial charge on any atom is 0.123 e. The maximum absolute atomic E-state index is 9.71. The zero-order chi connectivity index (χ0) is 14.1. The SMILES string of the molecule is CCCCOCC(O)COc1cc(C#N)ccc1C. The van der Waals surface area contributed by atoms with Crippen LogP contribution in [0.1, 0.15) is 30.9 Å². The van der Waals surface area contributed by atoms with E-state index in [1.807, 2.05) is 13.0 Å². The number of aliphatic hydroxyl groups excluding tert-OH is 1. The number of ether oxygens (including phenoxy) is 2. The van der Waals surface area contributed by atoms with Crippen LogP contribution in [0.3, 0.4) is 0 Å². The summed E-state index contributed by atoms with van der Waals surface area (Å²) in [6.07, 6.45) is 1.42. The molecule has 104 valence electrons. The first-order valence-electron chi connectivity index (χ1n) is 6.56. The number of nitrogens with zero attached hydrogens (tertiary/aromatic N) is 1. The smallest absolute Gasteiger partial charge is 0.123 e. The lowest BCUT2D eigenvalue weighted by Gasteiger charge is -2.14. The number of hydrogen-bond acceptors (Lipinski definition) is 4. The van der Waals surface area contributed by atoms with Crippen LogP contribution in [0.25, 0.3) is 0 Å². The molecular weight excluding hydrogens is 242 g/mol. The molecule has 0 amide bonds. The summed E-state index contributed by atoms with van der Waals surface area (Å²) >= 11 is 0. The minimum absolute atomic E-state index is 0.168. The van der Waals surface area contributed by atoms with Crippen molar-refractivity contribution < 1.29 is 14.6 Å². The molecule has 1 aromatic rings. The topological polar surface area (TPSA) is 62.5 Å². The van der Waals surface area contributed by atoms with Crippen molar-refractivity contribution in [3.05, 3.63) is 29.3 Å². The van der Waals surface area contributed by atoms with Crippen LogP contribution in [-0.4, -0.2) is 31.0 Å². The van der Waals surface area contributed by atoms with E-state index < -0.39 is 6.10 Å². The quantitative estimate of drug-likeness (QED) is 0.732. The van der Waals surface area contributed by atoms with Crippen LogP contribution >= 0.6 is 0 Å². The first-order valence-corrected chi connectivity index (χ1v) is 6.56. The Morgan fingerprint density at radius 3 is 2.84 bits per heavy atom. The normalized spacial score (nSPS) is 11.9. The molecule has 0 radical (unpaired) electrons. The highest BCUT2D eigenvalue weighted by atomic mass is 16.5. The van der Waals surface area contributed by atoms with Gasteiger partial charge in [0.2, 0.25) is 0 Å². The van der Waals surface area contributed by atoms with Crippen molar-refractivity contribution >= 4 is 0 Å². The van der Waals surface area contributed by atoms with Crippen LogP contribution in [0.2, 0.25) is 0 Å². The fourth-order valence-corrected chi connectivity index (χ4v) is 1.52. The van der Waals surface area contributed by atoms with Crippen molar-refractivity contribution in [1.29, 1.82) is 5.26 Å². The van der Waals surface area contributed by atoms with Gasteiger partial charge in [0.25, 0.3) is 0 Å². The lowest BCUT2D eigenvalue weighted by atomic mass is 10.1. The molecule has 1 aromatic carbocycles. The molecule has 0 aromatic heterocycles. The number of benzene rings is 1. The average Bonchev–Trinajstić information content (AvgIpc) is 2.43. The Hall–Kier alpha value is -1.57. The Labute approximate surface area is 114 Å². The summed E-state index contributed by atoms with van der Waals surface area (Å²) in [6, 6.07) is 7.32. The first kappa shape index (κ1) is 15.5. The van der Waals surface area contributed by atoms with E-state index in [1.165, 1.54) is 0 Å². The Morgan fingerprint density at radius 1 is 1.37 bits per heavy atom. The number of hydrogen-bond donors (Lipinski definition) is 1. The minimum atomic E-state index is -0.651. The second-order valence-electron chi connectivity index (χ2n) is 4.49. The molecule has 0 saturated heterocycles. The molecule has 0 saturated carbocycles. The van der Waals surface area contributed by atoms with Crippen LogP contribution in [0.5, 0.6) is 5.75 Å². The molecule has 0 aliphatic rings. The standard InChI is InChI=1S/C15H21NO3/c1-3-4-7-18-10-14(17)11-19-15-8-13(9-16)6-5-12(15)2/h5-6,8,14,17H,3-4,7,10-11H2,1-2H3. The monoisotopic (exact) mass is 263 g/mol. The summed E-state index contributed by atoms with van der Waals surface area (Å²) in [7, 11) is 0. The van der Waals surface area contributed by atoms with E-state index >= 15 is 0 Å². The molecule has 0 aliphatic heterocycles. The highest BCUT2D eigenvalue weighted by Gasteiger charge is 2.07. The molecule has 0 heterocycles. The van der Waals surface area contributed by atoms with Crippen LogP contribution in [0, 0.1) is 18.3 Å². The highest BCUT2D eigenvalue weighted by Crippen LogP contribution is 2.19. The van der Waals surface area contributed by atoms with E-state index in [2.05, 4.69) is 13.0 Å². The van der Waals surface area contributed by atoms with Gasteiger partial charge in [0.1, 0.15) is 18.5 Å². The second-order valence-corrected chi connectivity index (χ2v) is 4.49. The molecule has 4 heteroatoms. The molecule has 1 unspecified atom stereocenters. The number of nitriles is 1. The second kappa shape index (κ2) is 8.52. The molecule has 4 nitrogen and oxygen atoms in total. The van der Waals surface area contributed by atoms with E-state index in [0.29, 0.717) is 17.9 Å². The summed E-state index contributed by atoms with van der Waals surface area (Å²) in [5.74, 6) is 0.631. The van der Waals surface area contributed by atoms with Crippen molar-refractivity contribution in [2.24, 2.45) is 0 Å². The van der Waals surface area contributed by atoms with Gasteiger partial charge in [0.05, 0.1) is 18.2 Å². The average molecular weight is 263 g/mol. The number of aryl methyl sites for hydroxylation is 1. The summed E-state index contributed by atoms with van der Waals surface area (Å²) < 4.78 is 10.8. The lowest BCUT2D eigenvalue weighted by Crippen LogP contribution is -2.23. The molecule has 0 bridgehead atoms. The third-order valence-corrected chi connectivity index (χ3v) is 2.70. The van der Waals surface area contributed by atoms with Crippen LogP contribution < -0.4 is 4.74 Å². The van der Waals surface area contributed by atoms with Crippen LogP contribution in [0.4, 0.5) is 0 Å². The van der Waals surface area contributed by atoms with Gasteiger partial charge in [-0.25, -0.2) is 0 Å². The van der Waals surface area contributed by atoms with Gasteiger partial charge in [-0.05, 0) is 31.0 Å². The summed E-state index contributed by atoms with van der Waals surface area (Å²) in [5.41, 5.74) is 1.49. The third kappa shape index (κ3) is 5.73. The van der Waals surface area contributed by atoms with Crippen molar-refractivity contribution in [1.82, 2.24) is 0 Å². The van der Waals surface area contributed by atoms with Crippen LogP contribution in [-0.2, 0) is 4.74 Å². The zero-order valence-electron chi connectivity index (χ0n) is 11.6. The highest BCUT2D eigenvalue weighted by molar-refractivity contribution is 5.41. The van der Waals surface area contributed by atoms with Crippen molar-refractivity contribution in [2.45, 2.75) is 32.8 Å². The predicted octanol–water partition coefficient (Wildman–Crippen LogP) is 2.42. The minimum Gasteiger partial charge on any atom is -0.490 e. The Kier molecular flexibility index (Phi) is 6.94. The van der Waals surface area contributed by atoms with Gasteiger partial charge in [0, 0.05) is 6.61 Å². The number of aliphatic hydroxyl groups is 1. The first-order chi connectivity index (χ1) is 9.17. The summed E-state index contributed by atoms with van der Waals surface area (Å²) in [5, 5.41) is 18.5. The molecule has 1 N–H and O–H groups in total. The van der Waals surface area contributed by atoms with E-state index in [4.69, 9.17) is 14.7 Å². The lowest BCUT2D eigenvalue weighted by molar-refractivity contribution is 0.0112. The van der Waals surface area contributed by atoms with Gasteiger partial charge < -0.3 is 14.6 Å². The van der Waals surface area contributed by atoms with Gasteiger partial charge in [-0.2, -0.15) is 5.26 Å². The maximum atomic E-state index is 9.71. The largest absolute Gasteiger partial charge is 0.490 e. The molecule has 1 rings (SSSR count). The van der Waals surface area contributed by atoms with Crippen molar-refractivity contribution in [3.8, 4) is 11.8 Å². The Morgan fingerprint density at radius 2 is 2.16 bits per heavy atom. The van der Waals surface area contributed by atoms with Crippen LogP contribution in [0.15, 0.2) is 18.2 Å². The van der Waals surface area contributed by atoms with E-state index in [0.717, 1.165) is 18.4 Å². The van der Waals surface area contributed by atoms with Gasteiger partial charge in [-0.3, -0.25) is 0 Å². The Balaban J connectivity index is 2.37. The fourth-order valence-electron chi connectivity index (χ4n) is 1.52. The van der Waals surface area contributed by atoms with Gasteiger partial charge >= 0.3 is 0 Å². The molecule has 0 spiro atoms. The molecular formula is C15H21NO3. The zero-order valence-corrected chi connectivity index (χ0v) is 11.6. The molecule has 0 aliphatic carbocycles. The van der Waals surface area contributed by atoms with Gasteiger partial charge in [-0.15, -0.1) is 0 Å². The summed E-state index contributed by atoms with van der Waals surface area (Å²) in [4.78, 5) is 0. The molecule has 0 fully saturated rings. The molecule has 19 heavy (non-hydrogen) atoms. The predicted molar refractivity (Wildman–Crippen MR) is 73.1 cm³/mol. The van der Waals surface area contributed by atoms with E-state index in [-0.39, 0.29) is 13.2 Å². The number of rotatable bonds is 8. The van der Waals surface area contributed by atoms with Gasteiger partial charge in [-0.1, -0.05) is 19.4 Å². The van der Waals surface area contributed by atoms with Gasteiger partial charge in [0.15, 0.2) is 0 Å². The Bertz CT molecular complexity index is 426.